The molecular weight excluding hydrogens is 304 g/mol. The first-order valence-electron chi connectivity index (χ1n) is 7.54. The molecule has 0 amide bonds. The van der Waals surface area contributed by atoms with E-state index in [2.05, 4.69) is 10.3 Å². The van der Waals surface area contributed by atoms with E-state index in [1.54, 1.807) is 24.4 Å². The molecule has 3 rings (SSSR count). The van der Waals surface area contributed by atoms with Crippen LogP contribution in [0.5, 0.6) is 17.2 Å². The van der Waals surface area contributed by atoms with Gasteiger partial charge in [-0.2, -0.15) is 0 Å². The van der Waals surface area contributed by atoms with Crippen LogP contribution in [0.3, 0.4) is 0 Å². The maximum absolute atomic E-state index is 11.3. The molecule has 0 aliphatic rings. The van der Waals surface area contributed by atoms with Crippen LogP contribution in [0.15, 0.2) is 42.6 Å². The Kier molecular flexibility index (Phi) is 4.33. The number of ether oxygens (including phenoxy) is 2. The largest absolute Gasteiger partial charge is 0.496 e. The van der Waals surface area contributed by atoms with Crippen LogP contribution < -0.4 is 14.8 Å². The van der Waals surface area contributed by atoms with Gasteiger partial charge in [0.2, 0.25) is 0 Å². The van der Waals surface area contributed by atoms with Crippen LogP contribution in [0, 0.1) is 6.92 Å². The first-order valence-corrected chi connectivity index (χ1v) is 7.54. The highest BCUT2D eigenvalue weighted by molar-refractivity contribution is 5.93. The number of aldehydes is 1. The Balaban J connectivity index is 2.08. The number of anilines is 1. The zero-order valence-electron chi connectivity index (χ0n) is 13.8. The first kappa shape index (κ1) is 15.8. The lowest BCUT2D eigenvalue weighted by Gasteiger charge is -2.13. The lowest BCUT2D eigenvalue weighted by molar-refractivity contribution is 0.112. The Labute approximate surface area is 140 Å². The van der Waals surface area contributed by atoms with Gasteiger partial charge in [0.15, 0.2) is 6.29 Å². The van der Waals surface area contributed by atoms with Gasteiger partial charge >= 0.3 is 0 Å². The molecule has 0 saturated carbocycles. The summed E-state index contributed by atoms with van der Waals surface area (Å²) in [4.78, 5) is 15.6. The van der Waals surface area contributed by atoms with Crippen LogP contribution in [0.25, 0.3) is 10.9 Å². The lowest BCUT2D eigenvalue weighted by Crippen LogP contribution is -1.95. The topological polar surface area (TPSA) is 60.4 Å². The van der Waals surface area contributed by atoms with Crippen LogP contribution in [-0.2, 0) is 0 Å². The van der Waals surface area contributed by atoms with Crippen LogP contribution >= 0.6 is 0 Å². The summed E-state index contributed by atoms with van der Waals surface area (Å²) in [6.45, 7) is 1.99. The van der Waals surface area contributed by atoms with Gasteiger partial charge in [-0.25, -0.2) is 0 Å². The first-order chi connectivity index (χ1) is 11.7. The maximum Gasteiger partial charge on any atom is 0.153 e. The van der Waals surface area contributed by atoms with Gasteiger partial charge in [-0.1, -0.05) is 0 Å². The van der Waals surface area contributed by atoms with E-state index in [0.717, 1.165) is 28.7 Å². The maximum atomic E-state index is 11.3. The van der Waals surface area contributed by atoms with Crippen molar-refractivity contribution in [2.75, 3.05) is 19.5 Å². The molecule has 0 fully saturated rings. The number of fused-ring (bicyclic) bond motifs is 1. The van der Waals surface area contributed by atoms with E-state index in [1.807, 2.05) is 32.2 Å². The molecule has 1 aromatic heterocycles. The number of pyridine rings is 1. The molecule has 5 heteroatoms. The molecule has 0 bridgehead atoms. The predicted octanol–water partition coefficient (Wildman–Crippen LogP) is 4.20. The van der Waals surface area contributed by atoms with E-state index in [4.69, 9.17) is 9.47 Å². The third kappa shape index (κ3) is 2.88. The number of aryl methyl sites for hydroxylation is 1. The number of hydrogen-bond donors (Lipinski definition) is 1. The highest BCUT2D eigenvalue weighted by Gasteiger charge is 2.11. The number of benzene rings is 2. The monoisotopic (exact) mass is 322 g/mol. The quantitative estimate of drug-likeness (QED) is 0.713. The second-order valence-corrected chi connectivity index (χ2v) is 5.37. The van der Waals surface area contributed by atoms with Crippen molar-refractivity contribution in [3.05, 3.63) is 53.7 Å². The summed E-state index contributed by atoms with van der Waals surface area (Å²) in [5.41, 5.74) is 3.20. The number of carbonyl (C=O) groups excluding carboxylic acids is 1. The summed E-state index contributed by atoms with van der Waals surface area (Å²) >= 11 is 0. The highest BCUT2D eigenvalue weighted by atomic mass is 16.5. The summed E-state index contributed by atoms with van der Waals surface area (Å²) < 4.78 is 11.3. The summed E-state index contributed by atoms with van der Waals surface area (Å²) in [5.74, 6) is 1.90. The van der Waals surface area contributed by atoms with Crippen molar-refractivity contribution in [3.8, 4) is 17.2 Å². The van der Waals surface area contributed by atoms with Crippen molar-refractivity contribution < 1.29 is 14.3 Å². The summed E-state index contributed by atoms with van der Waals surface area (Å²) in [6, 6.07) is 11.1. The summed E-state index contributed by atoms with van der Waals surface area (Å²) in [5, 5.41) is 3.86. The Hall–Kier alpha value is -3.08. The number of nitrogens with one attached hydrogen (secondary N) is 1. The van der Waals surface area contributed by atoms with Crippen molar-refractivity contribution in [2.45, 2.75) is 6.92 Å². The summed E-state index contributed by atoms with van der Waals surface area (Å²) in [6.07, 6.45) is 2.44. The minimum absolute atomic E-state index is 0.463. The van der Waals surface area contributed by atoms with Gasteiger partial charge in [0.05, 0.1) is 18.2 Å². The Morgan fingerprint density at radius 2 is 1.92 bits per heavy atom. The van der Waals surface area contributed by atoms with Gasteiger partial charge in [-0.15, -0.1) is 0 Å². The predicted molar refractivity (Wildman–Crippen MR) is 94.5 cm³/mol. The molecule has 0 saturated heterocycles. The molecule has 0 spiro atoms. The SMILES string of the molecule is CNc1ccc(Oc2ccnc3cc(OC)c(C=O)cc23)c(C)c1. The minimum atomic E-state index is 0.463. The number of nitrogens with zero attached hydrogens (tertiary/aromatic N) is 1. The molecule has 0 radical (unpaired) electrons. The molecule has 2 aromatic carbocycles. The van der Waals surface area contributed by atoms with Gasteiger partial charge in [0.25, 0.3) is 0 Å². The standard InChI is InChI=1S/C19H18N2O3/c1-12-8-14(20-2)4-5-17(12)24-18-6-7-21-16-10-19(23-3)13(11-22)9-15(16)18/h4-11,20H,1-3H3. The van der Waals surface area contributed by atoms with Crippen molar-refractivity contribution in [3.63, 3.8) is 0 Å². The van der Waals surface area contributed by atoms with Crippen LogP contribution in [-0.4, -0.2) is 25.4 Å². The van der Waals surface area contributed by atoms with E-state index in [9.17, 15) is 4.79 Å². The third-order valence-corrected chi connectivity index (χ3v) is 3.86. The minimum Gasteiger partial charge on any atom is -0.496 e. The van der Waals surface area contributed by atoms with Crippen LogP contribution in [0.4, 0.5) is 5.69 Å². The lowest BCUT2D eigenvalue weighted by atomic mass is 10.1. The van der Waals surface area contributed by atoms with Crippen LogP contribution in [0.1, 0.15) is 15.9 Å². The third-order valence-electron chi connectivity index (χ3n) is 3.86. The molecule has 0 unspecified atom stereocenters. The molecule has 5 nitrogen and oxygen atoms in total. The average molecular weight is 322 g/mol. The second-order valence-electron chi connectivity index (χ2n) is 5.37. The number of methoxy groups -OCH3 is 1. The van der Waals surface area contributed by atoms with Crippen molar-refractivity contribution in [2.24, 2.45) is 0 Å². The number of carbonyl (C=O) groups is 1. The van der Waals surface area contributed by atoms with Gasteiger partial charge in [-0.05, 0) is 42.8 Å². The number of hydrogen-bond acceptors (Lipinski definition) is 5. The van der Waals surface area contributed by atoms with E-state index in [1.165, 1.54) is 7.11 Å². The fraction of sp³-hybridized carbons (Fsp3) is 0.158. The van der Waals surface area contributed by atoms with Gasteiger partial charge in [-0.3, -0.25) is 9.78 Å². The van der Waals surface area contributed by atoms with Crippen molar-refractivity contribution in [1.29, 1.82) is 0 Å². The van der Waals surface area contributed by atoms with E-state index in [0.29, 0.717) is 22.6 Å². The molecule has 0 aliphatic heterocycles. The van der Waals surface area contributed by atoms with E-state index < -0.39 is 0 Å². The van der Waals surface area contributed by atoms with Gasteiger partial charge in [0, 0.05) is 30.4 Å². The molecule has 3 aromatic rings. The fourth-order valence-corrected chi connectivity index (χ4v) is 2.56. The Morgan fingerprint density at radius 3 is 2.58 bits per heavy atom. The molecular formula is C19H18N2O3. The average Bonchev–Trinajstić information content (AvgIpc) is 2.62. The van der Waals surface area contributed by atoms with Crippen molar-refractivity contribution >= 4 is 22.9 Å². The molecule has 122 valence electrons. The summed E-state index contributed by atoms with van der Waals surface area (Å²) in [7, 11) is 3.40. The zero-order valence-corrected chi connectivity index (χ0v) is 13.8. The fourth-order valence-electron chi connectivity index (χ4n) is 2.56. The van der Waals surface area contributed by atoms with Gasteiger partial charge < -0.3 is 14.8 Å². The number of aromatic nitrogens is 1. The molecule has 0 aliphatic carbocycles. The highest BCUT2D eigenvalue weighted by Crippen LogP contribution is 2.34. The van der Waals surface area contributed by atoms with E-state index >= 15 is 0 Å². The molecule has 24 heavy (non-hydrogen) atoms. The normalized spacial score (nSPS) is 10.5. The van der Waals surface area contributed by atoms with Gasteiger partial charge in [0.1, 0.15) is 17.2 Å². The molecule has 1 heterocycles. The number of rotatable bonds is 5. The Bertz CT molecular complexity index is 906. The smallest absolute Gasteiger partial charge is 0.153 e. The van der Waals surface area contributed by atoms with E-state index in [-0.39, 0.29) is 0 Å². The second kappa shape index (κ2) is 6.58. The van der Waals surface area contributed by atoms with Crippen LogP contribution in [0.2, 0.25) is 0 Å². The zero-order chi connectivity index (χ0) is 17.1. The molecule has 1 N–H and O–H groups in total. The molecule has 0 atom stereocenters. The van der Waals surface area contributed by atoms with Crippen molar-refractivity contribution in [1.82, 2.24) is 4.98 Å². The Morgan fingerprint density at radius 1 is 1.08 bits per heavy atom.